The largest absolute Gasteiger partial charge is 0.366 e. The molecule has 0 fully saturated rings. The summed E-state index contributed by atoms with van der Waals surface area (Å²) in [6, 6.07) is 7.98. The minimum absolute atomic E-state index is 0.258. The van der Waals surface area contributed by atoms with Gasteiger partial charge in [-0.25, -0.2) is 8.42 Å². The lowest BCUT2D eigenvalue weighted by Gasteiger charge is -2.03. The Morgan fingerprint density at radius 3 is 2.22 bits per heavy atom. The molecule has 0 saturated heterocycles. The molecule has 0 bridgehead atoms. The van der Waals surface area contributed by atoms with E-state index in [-0.39, 0.29) is 4.90 Å². The lowest BCUT2D eigenvalue weighted by molar-refractivity contribution is 0.100. The Hall–Kier alpha value is -2.08. The number of amides is 1. The van der Waals surface area contributed by atoms with Crippen LogP contribution in [0, 0.1) is 0 Å². The van der Waals surface area contributed by atoms with E-state index >= 15 is 0 Å². The van der Waals surface area contributed by atoms with Crippen LogP contribution < -0.4 is 5.73 Å². The van der Waals surface area contributed by atoms with Crippen molar-refractivity contribution in [2.24, 2.45) is 5.73 Å². The zero-order valence-corrected chi connectivity index (χ0v) is 10.5. The maximum absolute atomic E-state index is 11.3. The number of carbonyl (C=O) groups excluding carboxylic acids is 1. The van der Waals surface area contributed by atoms with Crippen LogP contribution in [0.25, 0.3) is 5.69 Å². The fraction of sp³-hybridized carbons (Fsp3) is 0.0833. The number of sulfone groups is 1. The quantitative estimate of drug-likeness (QED) is 0.897. The maximum atomic E-state index is 11.3. The van der Waals surface area contributed by atoms with Gasteiger partial charge in [-0.1, -0.05) is 0 Å². The summed E-state index contributed by atoms with van der Waals surface area (Å²) in [4.78, 5) is 11.2. The van der Waals surface area contributed by atoms with Gasteiger partial charge in [0, 0.05) is 24.3 Å². The van der Waals surface area contributed by atoms with Crippen LogP contribution in [0.1, 0.15) is 10.4 Å². The van der Waals surface area contributed by atoms with Crippen molar-refractivity contribution in [3.8, 4) is 5.69 Å². The smallest absolute Gasteiger partial charge is 0.250 e. The van der Waals surface area contributed by atoms with Crippen LogP contribution >= 0.6 is 0 Å². The van der Waals surface area contributed by atoms with Crippen LogP contribution in [-0.2, 0) is 9.84 Å². The van der Waals surface area contributed by atoms with Gasteiger partial charge in [-0.15, -0.1) is 0 Å². The Labute approximate surface area is 105 Å². The number of carbonyl (C=O) groups is 1. The maximum Gasteiger partial charge on any atom is 0.250 e. The predicted octanol–water partition coefficient (Wildman–Crippen LogP) is 0.980. The van der Waals surface area contributed by atoms with Crippen molar-refractivity contribution in [1.29, 1.82) is 0 Å². The van der Waals surface area contributed by atoms with Gasteiger partial charge >= 0.3 is 0 Å². The van der Waals surface area contributed by atoms with Gasteiger partial charge in [0.1, 0.15) is 0 Å². The molecule has 0 atom stereocenters. The summed E-state index contributed by atoms with van der Waals surface area (Å²) in [7, 11) is -3.19. The average molecular weight is 264 g/mol. The van der Waals surface area contributed by atoms with Crippen molar-refractivity contribution < 1.29 is 13.2 Å². The number of rotatable bonds is 3. The first-order valence-corrected chi connectivity index (χ1v) is 7.05. The molecule has 0 aliphatic rings. The second-order valence-corrected chi connectivity index (χ2v) is 5.95. The van der Waals surface area contributed by atoms with E-state index in [4.69, 9.17) is 5.73 Å². The third-order valence-corrected chi connectivity index (χ3v) is 3.67. The highest BCUT2D eigenvalue weighted by molar-refractivity contribution is 7.90. The lowest BCUT2D eigenvalue weighted by Crippen LogP contribution is -2.09. The predicted molar refractivity (Wildman–Crippen MR) is 67.4 cm³/mol. The van der Waals surface area contributed by atoms with Crippen LogP contribution in [0.3, 0.4) is 0 Å². The molecule has 18 heavy (non-hydrogen) atoms. The van der Waals surface area contributed by atoms with Crippen LogP contribution in [0.5, 0.6) is 0 Å². The summed E-state index contributed by atoms with van der Waals surface area (Å²) in [5.41, 5.74) is 6.32. The molecule has 2 rings (SSSR count). The summed E-state index contributed by atoms with van der Waals surface area (Å²) in [5.74, 6) is -0.499. The zero-order valence-electron chi connectivity index (χ0n) is 9.70. The zero-order chi connectivity index (χ0) is 13.3. The van der Waals surface area contributed by atoms with Gasteiger partial charge in [-0.3, -0.25) is 4.79 Å². The van der Waals surface area contributed by atoms with Crippen LogP contribution in [0.15, 0.2) is 47.6 Å². The first kappa shape index (κ1) is 12.4. The molecule has 5 nitrogen and oxygen atoms in total. The Kier molecular flexibility index (Phi) is 2.96. The van der Waals surface area contributed by atoms with Gasteiger partial charge < -0.3 is 10.3 Å². The van der Waals surface area contributed by atoms with E-state index in [1.807, 2.05) is 0 Å². The Balaban J connectivity index is 2.37. The molecule has 0 saturated carbocycles. The van der Waals surface area contributed by atoms with E-state index in [2.05, 4.69) is 0 Å². The van der Waals surface area contributed by atoms with Gasteiger partial charge in [0.2, 0.25) is 5.91 Å². The monoisotopic (exact) mass is 264 g/mol. The molecule has 1 aromatic carbocycles. The second kappa shape index (κ2) is 4.30. The SMILES string of the molecule is CS(=O)(=O)c1ccc(-n2ccc(C(N)=O)c2)cc1. The Bertz CT molecular complexity index is 684. The molecule has 0 spiro atoms. The van der Waals surface area contributed by atoms with Crippen LogP contribution in [0.2, 0.25) is 0 Å². The minimum Gasteiger partial charge on any atom is -0.366 e. The molecule has 1 amide bonds. The van der Waals surface area contributed by atoms with E-state index in [1.54, 1.807) is 35.2 Å². The van der Waals surface area contributed by atoms with Gasteiger partial charge in [0.25, 0.3) is 0 Å². The molecule has 1 heterocycles. The summed E-state index contributed by atoms with van der Waals surface area (Å²) in [6.07, 6.45) is 4.44. The molecular formula is C12H12N2O3S. The summed E-state index contributed by atoms with van der Waals surface area (Å²) in [5, 5.41) is 0. The third kappa shape index (κ3) is 2.43. The molecule has 2 N–H and O–H groups in total. The number of primary amides is 1. The van der Waals surface area contributed by atoms with Gasteiger partial charge in [0.15, 0.2) is 9.84 Å². The molecule has 2 aromatic rings. The van der Waals surface area contributed by atoms with Gasteiger partial charge in [0.05, 0.1) is 10.5 Å². The highest BCUT2D eigenvalue weighted by Crippen LogP contribution is 2.14. The molecule has 6 heteroatoms. The molecule has 0 aliphatic heterocycles. The first-order valence-electron chi connectivity index (χ1n) is 5.16. The number of hydrogen-bond acceptors (Lipinski definition) is 3. The summed E-state index contributed by atoms with van der Waals surface area (Å²) >= 11 is 0. The molecular weight excluding hydrogens is 252 g/mol. The van der Waals surface area contributed by atoms with Gasteiger partial charge in [-0.2, -0.15) is 0 Å². The Morgan fingerprint density at radius 2 is 1.78 bits per heavy atom. The fourth-order valence-electron chi connectivity index (χ4n) is 1.57. The van der Waals surface area contributed by atoms with E-state index in [9.17, 15) is 13.2 Å². The van der Waals surface area contributed by atoms with E-state index in [1.165, 1.54) is 12.1 Å². The van der Waals surface area contributed by atoms with Crippen molar-refractivity contribution in [2.45, 2.75) is 4.90 Å². The lowest BCUT2D eigenvalue weighted by atomic mass is 10.3. The van der Waals surface area contributed by atoms with Gasteiger partial charge in [-0.05, 0) is 30.3 Å². The summed E-state index contributed by atoms with van der Waals surface area (Å²) < 4.78 is 24.3. The van der Waals surface area contributed by atoms with E-state index < -0.39 is 15.7 Å². The highest BCUT2D eigenvalue weighted by atomic mass is 32.2. The molecule has 0 unspecified atom stereocenters. The molecule has 0 aliphatic carbocycles. The topological polar surface area (TPSA) is 82.2 Å². The minimum atomic E-state index is -3.19. The molecule has 0 radical (unpaired) electrons. The van der Waals surface area contributed by atoms with Crippen molar-refractivity contribution in [3.63, 3.8) is 0 Å². The summed E-state index contributed by atoms with van der Waals surface area (Å²) in [6.45, 7) is 0. The number of nitrogens with two attached hydrogens (primary N) is 1. The van der Waals surface area contributed by atoms with Crippen LogP contribution in [0.4, 0.5) is 0 Å². The molecule has 94 valence electrons. The van der Waals surface area contributed by atoms with E-state index in [0.29, 0.717) is 5.56 Å². The standard InChI is InChI=1S/C12H12N2O3S/c1-18(16,17)11-4-2-10(3-5-11)14-7-6-9(8-14)12(13)15/h2-8H,1H3,(H2,13,15). The number of aromatic nitrogens is 1. The molecule has 1 aromatic heterocycles. The number of hydrogen-bond donors (Lipinski definition) is 1. The van der Waals surface area contributed by atoms with Crippen molar-refractivity contribution in [2.75, 3.05) is 6.26 Å². The number of benzene rings is 1. The van der Waals surface area contributed by atoms with E-state index in [0.717, 1.165) is 11.9 Å². The average Bonchev–Trinajstić information content (AvgIpc) is 2.77. The second-order valence-electron chi connectivity index (χ2n) is 3.94. The van der Waals surface area contributed by atoms with Crippen molar-refractivity contribution in [3.05, 3.63) is 48.3 Å². The number of nitrogens with zero attached hydrogens (tertiary/aromatic N) is 1. The van der Waals surface area contributed by atoms with Crippen LogP contribution in [-0.4, -0.2) is 25.1 Å². The normalized spacial score (nSPS) is 11.4. The fourth-order valence-corrected chi connectivity index (χ4v) is 2.20. The Morgan fingerprint density at radius 1 is 1.17 bits per heavy atom. The van der Waals surface area contributed by atoms with Crippen molar-refractivity contribution in [1.82, 2.24) is 4.57 Å². The third-order valence-electron chi connectivity index (χ3n) is 2.54. The van der Waals surface area contributed by atoms with Crippen molar-refractivity contribution >= 4 is 15.7 Å². The first-order chi connectivity index (χ1) is 8.38. The highest BCUT2D eigenvalue weighted by Gasteiger charge is 2.07.